The van der Waals surface area contributed by atoms with Gasteiger partial charge in [-0.25, -0.2) is 13.4 Å². The number of sulfonamides is 1. The van der Waals surface area contributed by atoms with Gasteiger partial charge in [0.15, 0.2) is 0 Å². The predicted octanol–water partition coefficient (Wildman–Crippen LogP) is 4.13. The molecule has 168 valence electrons. The molecule has 3 rings (SSSR count). The number of rotatable bonds is 7. The van der Waals surface area contributed by atoms with E-state index in [9.17, 15) is 26.4 Å². The number of benzene rings is 1. The van der Waals surface area contributed by atoms with Crippen molar-refractivity contribution >= 4 is 33.4 Å². The first kappa shape index (κ1) is 23.4. The number of anilines is 1. The Labute approximate surface area is 182 Å². The molecule has 0 bridgehead atoms. The fourth-order valence-electron chi connectivity index (χ4n) is 3.08. The van der Waals surface area contributed by atoms with E-state index in [1.807, 2.05) is 0 Å². The second kappa shape index (κ2) is 9.45. The molecule has 1 aliphatic rings. The molecule has 1 saturated heterocycles. The van der Waals surface area contributed by atoms with Gasteiger partial charge in [-0.2, -0.15) is 17.5 Å². The van der Waals surface area contributed by atoms with Gasteiger partial charge in [-0.15, -0.1) is 0 Å². The number of alkyl halides is 3. The standard InChI is InChI=1S/C19H20F3N3O4S2/c1-2-29-15-8-7-13(12-16(15)31(27,28)25-10-3-4-11-25)24-17(26)14-6-5-9-23-18(14)30-19(20,21)22/h5-9,12H,2-4,10-11H2,1H3,(H,24,26). The number of halogens is 3. The molecule has 1 aliphatic heterocycles. The quantitative estimate of drug-likeness (QED) is 0.606. The van der Waals surface area contributed by atoms with Gasteiger partial charge >= 0.3 is 5.51 Å². The largest absolute Gasteiger partial charge is 0.492 e. The van der Waals surface area contributed by atoms with Crippen molar-refractivity contribution in [2.75, 3.05) is 25.0 Å². The van der Waals surface area contributed by atoms with Gasteiger partial charge in [0.2, 0.25) is 10.0 Å². The van der Waals surface area contributed by atoms with Crippen LogP contribution in [0.15, 0.2) is 46.5 Å². The van der Waals surface area contributed by atoms with E-state index in [1.54, 1.807) is 6.92 Å². The van der Waals surface area contributed by atoms with Gasteiger partial charge in [-0.1, -0.05) is 0 Å². The Bertz CT molecular complexity index is 1060. The zero-order chi connectivity index (χ0) is 22.6. The number of amides is 1. The smallest absolute Gasteiger partial charge is 0.447 e. The minimum Gasteiger partial charge on any atom is -0.492 e. The maximum Gasteiger partial charge on any atom is 0.447 e. The molecule has 1 N–H and O–H groups in total. The van der Waals surface area contributed by atoms with Gasteiger partial charge in [-0.3, -0.25) is 4.79 Å². The van der Waals surface area contributed by atoms with Crippen LogP contribution in [-0.2, 0) is 10.0 Å². The number of ether oxygens (including phenoxy) is 1. The molecular formula is C19H20F3N3O4S2. The Morgan fingerprint density at radius 3 is 2.61 bits per heavy atom. The molecule has 0 aliphatic carbocycles. The van der Waals surface area contributed by atoms with E-state index in [-0.39, 0.29) is 28.5 Å². The van der Waals surface area contributed by atoms with Crippen LogP contribution in [0.3, 0.4) is 0 Å². The number of hydrogen-bond donors (Lipinski definition) is 1. The summed E-state index contributed by atoms with van der Waals surface area (Å²) in [6.45, 7) is 2.72. The van der Waals surface area contributed by atoms with E-state index in [0.717, 1.165) is 19.0 Å². The lowest BCUT2D eigenvalue weighted by Crippen LogP contribution is -2.28. The van der Waals surface area contributed by atoms with Crippen LogP contribution in [-0.4, -0.2) is 48.8 Å². The van der Waals surface area contributed by atoms with Gasteiger partial charge in [0.1, 0.15) is 15.7 Å². The van der Waals surface area contributed by atoms with Gasteiger partial charge in [-0.05, 0) is 50.1 Å². The zero-order valence-electron chi connectivity index (χ0n) is 16.5. The summed E-state index contributed by atoms with van der Waals surface area (Å²) in [5, 5.41) is 1.96. The van der Waals surface area contributed by atoms with Crippen molar-refractivity contribution in [3.05, 3.63) is 42.1 Å². The van der Waals surface area contributed by atoms with E-state index in [0.29, 0.717) is 13.1 Å². The highest BCUT2D eigenvalue weighted by atomic mass is 32.2. The Morgan fingerprint density at radius 2 is 1.97 bits per heavy atom. The SMILES string of the molecule is CCOc1ccc(NC(=O)c2cccnc2SC(F)(F)F)cc1S(=O)(=O)N1CCCC1. The Hall–Kier alpha value is -2.31. The number of nitrogens with one attached hydrogen (secondary N) is 1. The summed E-state index contributed by atoms with van der Waals surface area (Å²) in [5.41, 5.74) is -4.78. The number of hydrogen-bond acceptors (Lipinski definition) is 6. The van der Waals surface area contributed by atoms with Crippen molar-refractivity contribution in [1.29, 1.82) is 0 Å². The molecule has 0 radical (unpaired) electrons. The number of nitrogens with zero attached hydrogens (tertiary/aromatic N) is 2. The van der Waals surface area contributed by atoms with Crippen molar-refractivity contribution in [1.82, 2.24) is 9.29 Å². The van der Waals surface area contributed by atoms with Crippen molar-refractivity contribution in [3.63, 3.8) is 0 Å². The molecule has 1 amide bonds. The van der Waals surface area contributed by atoms with Crippen LogP contribution >= 0.6 is 11.8 Å². The van der Waals surface area contributed by atoms with Crippen molar-refractivity contribution in [2.24, 2.45) is 0 Å². The van der Waals surface area contributed by atoms with Crippen LogP contribution in [0, 0.1) is 0 Å². The van der Waals surface area contributed by atoms with Crippen LogP contribution in [0.4, 0.5) is 18.9 Å². The fraction of sp³-hybridized carbons (Fsp3) is 0.368. The molecule has 1 fully saturated rings. The van der Waals surface area contributed by atoms with Crippen LogP contribution < -0.4 is 10.1 Å². The van der Waals surface area contributed by atoms with Gasteiger partial charge in [0.25, 0.3) is 5.91 Å². The van der Waals surface area contributed by atoms with Crippen LogP contribution in [0.2, 0.25) is 0 Å². The van der Waals surface area contributed by atoms with E-state index >= 15 is 0 Å². The number of pyridine rings is 1. The molecule has 0 unspecified atom stereocenters. The fourth-order valence-corrected chi connectivity index (χ4v) is 5.36. The van der Waals surface area contributed by atoms with E-state index in [2.05, 4.69) is 10.3 Å². The summed E-state index contributed by atoms with van der Waals surface area (Å²) in [7, 11) is -3.85. The van der Waals surface area contributed by atoms with E-state index < -0.39 is 38.2 Å². The lowest BCUT2D eigenvalue weighted by Gasteiger charge is -2.19. The predicted molar refractivity (Wildman–Crippen MR) is 110 cm³/mol. The second-order valence-electron chi connectivity index (χ2n) is 6.56. The van der Waals surface area contributed by atoms with Crippen LogP contribution in [0.25, 0.3) is 0 Å². The number of aromatic nitrogens is 1. The molecular weight excluding hydrogens is 455 g/mol. The van der Waals surface area contributed by atoms with Crippen molar-refractivity contribution < 1.29 is 31.1 Å². The maximum atomic E-state index is 13.0. The third kappa shape index (κ3) is 5.69. The number of thioether (sulfide) groups is 1. The molecule has 7 nitrogen and oxygen atoms in total. The molecule has 2 heterocycles. The highest BCUT2D eigenvalue weighted by Gasteiger charge is 2.33. The summed E-state index contributed by atoms with van der Waals surface area (Å²) in [4.78, 5) is 16.2. The van der Waals surface area contributed by atoms with Gasteiger partial charge < -0.3 is 10.1 Å². The molecule has 1 aromatic carbocycles. The molecule has 0 saturated carbocycles. The molecule has 31 heavy (non-hydrogen) atoms. The van der Waals surface area contributed by atoms with E-state index in [4.69, 9.17) is 4.74 Å². The van der Waals surface area contributed by atoms with Crippen LogP contribution in [0.5, 0.6) is 5.75 Å². The number of carbonyl (C=O) groups excluding carboxylic acids is 1. The van der Waals surface area contributed by atoms with Crippen molar-refractivity contribution in [2.45, 2.75) is 35.2 Å². The average Bonchev–Trinajstić information content (AvgIpc) is 3.24. The van der Waals surface area contributed by atoms with Gasteiger partial charge in [0.05, 0.1) is 12.2 Å². The summed E-state index contributed by atoms with van der Waals surface area (Å²) >= 11 is -0.495. The average molecular weight is 476 g/mol. The summed E-state index contributed by atoms with van der Waals surface area (Å²) in [5.74, 6) is -0.698. The lowest BCUT2D eigenvalue weighted by atomic mass is 10.2. The minimum atomic E-state index is -4.61. The molecule has 1 aromatic heterocycles. The second-order valence-corrected chi connectivity index (χ2v) is 9.52. The maximum absolute atomic E-state index is 13.0. The third-order valence-electron chi connectivity index (χ3n) is 4.41. The first-order valence-electron chi connectivity index (χ1n) is 9.41. The summed E-state index contributed by atoms with van der Waals surface area (Å²) < 4.78 is 71.2. The third-order valence-corrected chi connectivity index (χ3v) is 7.08. The summed E-state index contributed by atoms with van der Waals surface area (Å²) in [6, 6.07) is 6.66. The minimum absolute atomic E-state index is 0.106. The monoisotopic (exact) mass is 475 g/mol. The number of carbonyl (C=O) groups is 1. The Balaban J connectivity index is 1.92. The first-order chi connectivity index (χ1) is 14.6. The van der Waals surface area contributed by atoms with E-state index in [1.165, 1.54) is 34.6 Å². The molecule has 12 heteroatoms. The highest BCUT2D eigenvalue weighted by Crippen LogP contribution is 2.37. The molecule has 0 atom stereocenters. The highest BCUT2D eigenvalue weighted by molar-refractivity contribution is 8.00. The first-order valence-corrected chi connectivity index (χ1v) is 11.7. The normalized spacial score (nSPS) is 15.1. The molecule has 0 spiro atoms. The van der Waals surface area contributed by atoms with Gasteiger partial charge in [0, 0.05) is 36.7 Å². The molecule has 2 aromatic rings. The Morgan fingerprint density at radius 1 is 1.26 bits per heavy atom. The lowest BCUT2D eigenvalue weighted by molar-refractivity contribution is -0.0329. The zero-order valence-corrected chi connectivity index (χ0v) is 18.1. The van der Waals surface area contributed by atoms with Crippen molar-refractivity contribution in [3.8, 4) is 5.75 Å². The Kier molecular flexibility index (Phi) is 7.12. The van der Waals surface area contributed by atoms with Crippen LogP contribution in [0.1, 0.15) is 30.1 Å². The summed E-state index contributed by atoms with van der Waals surface area (Å²) in [6.07, 6.45) is 2.66. The topological polar surface area (TPSA) is 88.6 Å².